The number of likely N-dealkylation sites (tertiary alicyclic amines) is 1. The van der Waals surface area contributed by atoms with Gasteiger partial charge in [-0.15, -0.1) is 0 Å². The summed E-state index contributed by atoms with van der Waals surface area (Å²) in [6, 6.07) is 14.4. The number of fused-ring (bicyclic) bond motifs is 1. The molecule has 2 saturated heterocycles. The van der Waals surface area contributed by atoms with Crippen LogP contribution in [0.15, 0.2) is 59.7 Å². The van der Waals surface area contributed by atoms with E-state index >= 15 is 0 Å². The maximum absolute atomic E-state index is 13.5. The number of hydrogen-bond acceptors (Lipinski definition) is 7. The Kier molecular flexibility index (Phi) is 7.42. The lowest BCUT2D eigenvalue weighted by Crippen LogP contribution is -2.45. The van der Waals surface area contributed by atoms with Crippen molar-refractivity contribution in [2.75, 3.05) is 40.5 Å². The molecule has 0 bridgehead atoms. The zero-order valence-corrected chi connectivity index (χ0v) is 22.8. The fourth-order valence-corrected chi connectivity index (χ4v) is 6.23. The molecular weight excluding hydrogens is 494 g/mol. The summed E-state index contributed by atoms with van der Waals surface area (Å²) in [5.41, 5.74) is 4.22. The Bertz CT molecular complexity index is 1240. The van der Waals surface area contributed by atoms with Crippen molar-refractivity contribution >= 4 is 11.6 Å². The van der Waals surface area contributed by atoms with Gasteiger partial charge in [-0.2, -0.15) is 5.10 Å². The summed E-state index contributed by atoms with van der Waals surface area (Å²) >= 11 is 0. The van der Waals surface area contributed by atoms with Crippen LogP contribution < -0.4 is 9.47 Å². The largest absolute Gasteiger partial charge is 0.493 e. The van der Waals surface area contributed by atoms with Gasteiger partial charge < -0.3 is 18.9 Å². The summed E-state index contributed by atoms with van der Waals surface area (Å²) in [5, 5.41) is 6.59. The third kappa shape index (κ3) is 5.33. The number of benzene rings is 2. The van der Waals surface area contributed by atoms with Gasteiger partial charge in [-0.3, -0.25) is 9.69 Å². The highest BCUT2D eigenvalue weighted by Gasteiger charge is 2.41. The molecule has 2 atom stereocenters. The van der Waals surface area contributed by atoms with Crippen LogP contribution in [-0.2, 0) is 27.4 Å². The first kappa shape index (κ1) is 26.0. The van der Waals surface area contributed by atoms with E-state index in [1.54, 1.807) is 19.2 Å². The van der Waals surface area contributed by atoms with Gasteiger partial charge in [-0.1, -0.05) is 36.4 Å². The minimum Gasteiger partial charge on any atom is -0.493 e. The second kappa shape index (κ2) is 11.1. The van der Waals surface area contributed by atoms with Crippen LogP contribution in [0, 0.1) is 11.8 Å². The van der Waals surface area contributed by atoms with Crippen molar-refractivity contribution in [3.63, 3.8) is 0 Å². The van der Waals surface area contributed by atoms with E-state index in [4.69, 9.17) is 24.0 Å². The van der Waals surface area contributed by atoms with Crippen LogP contribution in [0.3, 0.4) is 0 Å². The van der Waals surface area contributed by atoms with Gasteiger partial charge in [-0.25, -0.2) is 5.01 Å². The molecule has 2 aromatic rings. The van der Waals surface area contributed by atoms with Gasteiger partial charge in [0, 0.05) is 44.0 Å². The van der Waals surface area contributed by atoms with Crippen molar-refractivity contribution in [1.29, 1.82) is 0 Å². The number of amides is 1. The van der Waals surface area contributed by atoms with E-state index in [0.717, 1.165) is 62.2 Å². The van der Waals surface area contributed by atoms with E-state index in [-0.39, 0.29) is 23.5 Å². The van der Waals surface area contributed by atoms with Crippen molar-refractivity contribution in [1.82, 2.24) is 9.91 Å². The molecule has 4 aliphatic rings. The number of methoxy groups -OCH3 is 2. The molecule has 0 unspecified atom stereocenters. The van der Waals surface area contributed by atoms with Crippen LogP contribution in [0.25, 0.3) is 0 Å². The molecule has 8 heteroatoms. The van der Waals surface area contributed by atoms with Crippen LogP contribution in [0.2, 0.25) is 0 Å². The third-order valence-corrected chi connectivity index (χ3v) is 8.46. The average Bonchev–Trinajstić information content (AvgIpc) is 3.44. The number of hydrogen-bond donors (Lipinski definition) is 0. The Morgan fingerprint density at radius 3 is 2.18 bits per heavy atom. The van der Waals surface area contributed by atoms with E-state index in [1.165, 1.54) is 5.56 Å². The SMILES string of the molecule is COc1ccc(C2=NN(Cc3ccc(CN4CCC5(CC4)OCCO5)cc3)C(=O)[C@@H]3CC=CC[C@H]23)cc1OC. The monoisotopic (exact) mass is 531 g/mol. The summed E-state index contributed by atoms with van der Waals surface area (Å²) < 4.78 is 22.7. The number of carbonyl (C=O) groups excluding carboxylic acids is 1. The predicted molar refractivity (Wildman–Crippen MR) is 148 cm³/mol. The lowest BCUT2D eigenvalue weighted by molar-refractivity contribution is -0.185. The molecule has 0 saturated carbocycles. The Hall–Kier alpha value is -3.20. The first-order valence-electron chi connectivity index (χ1n) is 13.9. The van der Waals surface area contributed by atoms with E-state index in [1.807, 2.05) is 18.2 Å². The molecule has 1 aliphatic carbocycles. The molecule has 1 spiro atoms. The molecule has 206 valence electrons. The van der Waals surface area contributed by atoms with Crippen LogP contribution in [0.4, 0.5) is 0 Å². The van der Waals surface area contributed by atoms with Crippen molar-refractivity contribution in [3.05, 3.63) is 71.3 Å². The van der Waals surface area contributed by atoms with Gasteiger partial charge in [0.15, 0.2) is 17.3 Å². The molecule has 0 N–H and O–H groups in total. The van der Waals surface area contributed by atoms with Crippen LogP contribution >= 0.6 is 0 Å². The van der Waals surface area contributed by atoms with Crippen LogP contribution in [-0.4, -0.2) is 67.8 Å². The highest BCUT2D eigenvalue weighted by atomic mass is 16.7. The molecule has 2 aromatic carbocycles. The highest BCUT2D eigenvalue weighted by molar-refractivity contribution is 6.07. The Morgan fingerprint density at radius 2 is 1.51 bits per heavy atom. The van der Waals surface area contributed by atoms with Gasteiger partial charge in [-0.05, 0) is 42.2 Å². The van der Waals surface area contributed by atoms with Gasteiger partial charge in [0.05, 0.1) is 45.6 Å². The summed E-state index contributed by atoms with van der Waals surface area (Å²) in [5.74, 6) is 1.04. The number of rotatable bonds is 7. The zero-order valence-electron chi connectivity index (χ0n) is 22.8. The second-order valence-corrected chi connectivity index (χ2v) is 10.8. The predicted octanol–water partition coefficient (Wildman–Crippen LogP) is 4.37. The van der Waals surface area contributed by atoms with E-state index in [2.05, 4.69) is 41.3 Å². The van der Waals surface area contributed by atoms with Crippen molar-refractivity contribution < 1.29 is 23.7 Å². The van der Waals surface area contributed by atoms with Crippen molar-refractivity contribution in [2.24, 2.45) is 16.9 Å². The maximum atomic E-state index is 13.5. The van der Waals surface area contributed by atoms with Crippen molar-refractivity contribution in [2.45, 2.75) is 44.6 Å². The molecule has 39 heavy (non-hydrogen) atoms. The summed E-state index contributed by atoms with van der Waals surface area (Å²) in [6.45, 7) is 4.70. The van der Waals surface area contributed by atoms with Crippen molar-refractivity contribution in [3.8, 4) is 11.5 Å². The summed E-state index contributed by atoms with van der Waals surface area (Å²) in [6.07, 6.45) is 7.66. The quantitative estimate of drug-likeness (QED) is 0.494. The van der Waals surface area contributed by atoms with E-state index < -0.39 is 0 Å². The lowest BCUT2D eigenvalue weighted by atomic mass is 9.76. The molecule has 2 fully saturated rings. The summed E-state index contributed by atoms with van der Waals surface area (Å²) in [7, 11) is 3.27. The zero-order chi connectivity index (χ0) is 26.8. The minimum atomic E-state index is -0.342. The second-order valence-electron chi connectivity index (χ2n) is 10.8. The van der Waals surface area contributed by atoms with E-state index in [0.29, 0.717) is 31.3 Å². The smallest absolute Gasteiger partial charge is 0.247 e. The molecule has 0 radical (unpaired) electrons. The number of allylic oxidation sites excluding steroid dienone is 2. The summed E-state index contributed by atoms with van der Waals surface area (Å²) in [4.78, 5) is 16.0. The van der Waals surface area contributed by atoms with E-state index in [9.17, 15) is 4.79 Å². The molecule has 1 amide bonds. The Labute approximate surface area is 230 Å². The topological polar surface area (TPSA) is 72.8 Å². The number of carbonyl (C=O) groups is 1. The Morgan fingerprint density at radius 1 is 0.872 bits per heavy atom. The third-order valence-electron chi connectivity index (χ3n) is 8.46. The number of nitrogens with zero attached hydrogens (tertiary/aromatic N) is 3. The van der Waals surface area contributed by atoms with Gasteiger partial charge in [0.2, 0.25) is 5.91 Å². The van der Waals surface area contributed by atoms with Gasteiger partial charge in [0.25, 0.3) is 0 Å². The van der Waals surface area contributed by atoms with Gasteiger partial charge >= 0.3 is 0 Å². The molecule has 8 nitrogen and oxygen atoms in total. The number of hydrazone groups is 1. The molecule has 6 rings (SSSR count). The first-order chi connectivity index (χ1) is 19.1. The minimum absolute atomic E-state index is 0.0583. The number of piperidine rings is 1. The number of ether oxygens (including phenoxy) is 4. The molecular formula is C31H37N3O5. The molecule has 0 aromatic heterocycles. The standard InChI is InChI=1S/C31H37N3O5/c1-36-27-12-11-24(19-28(27)37-2)29-25-5-3-4-6-26(25)30(35)34(32-29)21-23-9-7-22(8-10-23)20-33-15-13-31(14-16-33)38-17-18-39-31/h3-4,7-12,19,25-26H,5-6,13-18,20-21H2,1-2H3/t25-,26+/m0/s1. The van der Waals surface area contributed by atoms with Crippen LogP contribution in [0.1, 0.15) is 42.4 Å². The normalized spacial score (nSPS) is 24.5. The van der Waals surface area contributed by atoms with Gasteiger partial charge in [0.1, 0.15) is 0 Å². The molecule has 3 heterocycles. The lowest BCUT2D eigenvalue weighted by Gasteiger charge is -2.37. The maximum Gasteiger partial charge on any atom is 0.247 e. The highest BCUT2D eigenvalue weighted by Crippen LogP contribution is 2.37. The average molecular weight is 532 g/mol. The Balaban J connectivity index is 1.17. The fourth-order valence-electron chi connectivity index (χ4n) is 6.23. The fraction of sp³-hybridized carbons (Fsp3) is 0.484. The van der Waals surface area contributed by atoms with Crippen LogP contribution in [0.5, 0.6) is 11.5 Å². The first-order valence-corrected chi connectivity index (χ1v) is 13.9. The molecule has 3 aliphatic heterocycles.